The lowest BCUT2D eigenvalue weighted by Gasteiger charge is -2.16. The summed E-state index contributed by atoms with van der Waals surface area (Å²) in [5, 5.41) is 10.8. The lowest BCUT2D eigenvalue weighted by molar-refractivity contribution is 0.0997. The number of primary amides is 1. The standard InChI is InChI=1S/C36H30N4O5/c1-3-13-28(43-2)20-25(41)21-33-38-35(24-14-7-4-8-15-24)40-36(39-33)30-23-31(44-26-16-9-5-10-17-26)29(34(37)42)22-32(30)45-27-18-11-6-12-19-27/h3-23,41H,1-2H3,(H2,37,42)/b13-3-,25-21-,28-20+. The maximum Gasteiger partial charge on any atom is 0.252 e. The Kier molecular flexibility index (Phi) is 9.61. The van der Waals surface area contributed by atoms with Gasteiger partial charge < -0.3 is 25.1 Å². The van der Waals surface area contributed by atoms with Crippen molar-refractivity contribution < 1.29 is 24.1 Å². The summed E-state index contributed by atoms with van der Waals surface area (Å²) in [6.07, 6.45) is 6.34. The second-order valence-electron chi connectivity index (χ2n) is 9.57. The number of hydrogen-bond acceptors (Lipinski definition) is 8. The molecule has 9 nitrogen and oxygen atoms in total. The number of methoxy groups -OCH3 is 1. The van der Waals surface area contributed by atoms with E-state index >= 15 is 0 Å². The molecule has 1 heterocycles. The maximum atomic E-state index is 12.6. The molecule has 0 radical (unpaired) electrons. The van der Waals surface area contributed by atoms with E-state index in [1.165, 1.54) is 25.3 Å². The number of benzene rings is 4. The van der Waals surface area contributed by atoms with Gasteiger partial charge in [-0.2, -0.15) is 0 Å². The molecule has 0 bridgehead atoms. The van der Waals surface area contributed by atoms with E-state index in [4.69, 9.17) is 24.9 Å². The number of carbonyl (C=O) groups excluding carboxylic acids is 1. The summed E-state index contributed by atoms with van der Waals surface area (Å²) in [5.74, 6) is 1.76. The van der Waals surface area contributed by atoms with E-state index in [-0.39, 0.29) is 34.5 Å². The molecule has 0 aliphatic carbocycles. The number of aromatic nitrogens is 3. The minimum atomic E-state index is -0.707. The summed E-state index contributed by atoms with van der Waals surface area (Å²) in [4.78, 5) is 26.7. The van der Waals surface area contributed by atoms with E-state index < -0.39 is 5.91 Å². The van der Waals surface area contributed by atoms with E-state index in [2.05, 4.69) is 9.97 Å². The Hall–Kier alpha value is -6.22. The Morgan fingerprint density at radius 1 is 0.778 bits per heavy atom. The van der Waals surface area contributed by atoms with E-state index in [0.29, 0.717) is 28.6 Å². The van der Waals surface area contributed by atoms with Crippen LogP contribution >= 0.6 is 0 Å². The normalized spacial score (nSPS) is 11.8. The van der Waals surface area contributed by atoms with Gasteiger partial charge in [0.15, 0.2) is 17.5 Å². The van der Waals surface area contributed by atoms with Gasteiger partial charge in [-0.15, -0.1) is 0 Å². The van der Waals surface area contributed by atoms with Crippen LogP contribution < -0.4 is 15.2 Å². The first-order valence-corrected chi connectivity index (χ1v) is 14.0. The van der Waals surface area contributed by atoms with Gasteiger partial charge in [-0.25, -0.2) is 15.0 Å². The fraction of sp³-hybridized carbons (Fsp3) is 0.0556. The quantitative estimate of drug-likeness (QED) is 0.116. The van der Waals surface area contributed by atoms with Crippen molar-refractivity contribution in [2.24, 2.45) is 5.73 Å². The molecule has 0 atom stereocenters. The largest absolute Gasteiger partial charge is 0.508 e. The van der Waals surface area contributed by atoms with Crippen LogP contribution in [0.15, 0.2) is 133 Å². The van der Waals surface area contributed by atoms with Crippen LogP contribution in [-0.4, -0.2) is 33.1 Å². The van der Waals surface area contributed by atoms with Crippen molar-refractivity contribution >= 4 is 12.0 Å². The summed E-state index contributed by atoms with van der Waals surface area (Å²) in [7, 11) is 1.51. The van der Waals surface area contributed by atoms with Crippen LogP contribution in [0.2, 0.25) is 0 Å². The summed E-state index contributed by atoms with van der Waals surface area (Å²) in [6, 6.07) is 30.6. The van der Waals surface area contributed by atoms with Gasteiger partial charge in [0.1, 0.15) is 34.5 Å². The van der Waals surface area contributed by atoms with E-state index in [1.54, 1.807) is 42.5 Å². The molecule has 0 aliphatic heterocycles. The summed E-state index contributed by atoms with van der Waals surface area (Å²) >= 11 is 0. The molecule has 0 saturated carbocycles. The van der Waals surface area contributed by atoms with Gasteiger partial charge in [-0.05, 0) is 49.4 Å². The Bertz CT molecular complexity index is 1870. The topological polar surface area (TPSA) is 130 Å². The first-order chi connectivity index (χ1) is 21.9. The highest BCUT2D eigenvalue weighted by atomic mass is 16.5. The molecule has 0 fully saturated rings. The number of hydrogen-bond donors (Lipinski definition) is 2. The second-order valence-corrected chi connectivity index (χ2v) is 9.57. The van der Waals surface area contributed by atoms with Crippen LogP contribution in [0.25, 0.3) is 28.9 Å². The lowest BCUT2D eigenvalue weighted by Crippen LogP contribution is -2.13. The van der Waals surface area contributed by atoms with Crippen LogP contribution in [0.3, 0.4) is 0 Å². The van der Waals surface area contributed by atoms with Gasteiger partial charge in [-0.1, -0.05) is 72.8 Å². The third kappa shape index (κ3) is 7.79. The van der Waals surface area contributed by atoms with Gasteiger partial charge in [0.2, 0.25) is 0 Å². The number of amides is 1. The fourth-order valence-corrected chi connectivity index (χ4v) is 4.28. The number of aliphatic hydroxyl groups excluding tert-OH is 1. The zero-order valence-electron chi connectivity index (χ0n) is 24.6. The average molecular weight is 599 g/mol. The Morgan fingerprint density at radius 2 is 1.36 bits per heavy atom. The van der Waals surface area contributed by atoms with Crippen LogP contribution in [0.4, 0.5) is 0 Å². The maximum absolute atomic E-state index is 12.6. The van der Waals surface area contributed by atoms with Crippen LogP contribution in [0, 0.1) is 0 Å². The van der Waals surface area contributed by atoms with Crippen LogP contribution in [0.1, 0.15) is 23.1 Å². The lowest BCUT2D eigenvalue weighted by atomic mass is 10.1. The van der Waals surface area contributed by atoms with Crippen molar-refractivity contribution in [1.29, 1.82) is 0 Å². The molecule has 3 N–H and O–H groups in total. The molecule has 0 saturated heterocycles. The highest BCUT2D eigenvalue weighted by Gasteiger charge is 2.21. The van der Waals surface area contributed by atoms with Crippen molar-refractivity contribution in [2.45, 2.75) is 6.92 Å². The Balaban J connectivity index is 1.73. The number of allylic oxidation sites excluding steroid dienone is 3. The predicted octanol–water partition coefficient (Wildman–Crippen LogP) is 7.89. The molecule has 1 aromatic heterocycles. The minimum Gasteiger partial charge on any atom is -0.508 e. The zero-order valence-corrected chi connectivity index (χ0v) is 24.6. The average Bonchev–Trinajstić information content (AvgIpc) is 3.06. The molecule has 1 amide bonds. The van der Waals surface area contributed by atoms with Crippen LogP contribution in [0.5, 0.6) is 23.0 Å². The van der Waals surface area contributed by atoms with Gasteiger partial charge in [-0.3, -0.25) is 4.79 Å². The number of nitrogens with two attached hydrogens (primary N) is 1. The van der Waals surface area contributed by atoms with E-state index in [0.717, 1.165) is 5.56 Å². The fourth-order valence-electron chi connectivity index (χ4n) is 4.28. The number of rotatable bonds is 11. The predicted molar refractivity (Wildman–Crippen MR) is 173 cm³/mol. The third-order valence-corrected chi connectivity index (χ3v) is 6.35. The molecule has 0 unspecified atom stereocenters. The molecule has 224 valence electrons. The van der Waals surface area contributed by atoms with Gasteiger partial charge >= 0.3 is 0 Å². The molecular formula is C36H30N4O5. The van der Waals surface area contributed by atoms with E-state index in [1.807, 2.05) is 73.7 Å². The number of nitrogens with zero attached hydrogens (tertiary/aromatic N) is 3. The number of carbonyl (C=O) groups is 1. The van der Waals surface area contributed by atoms with Crippen molar-refractivity contribution in [1.82, 2.24) is 15.0 Å². The van der Waals surface area contributed by atoms with Crippen molar-refractivity contribution in [2.75, 3.05) is 7.11 Å². The summed E-state index contributed by atoms with van der Waals surface area (Å²) in [6.45, 7) is 1.84. The molecule has 4 aromatic carbocycles. The number of para-hydroxylation sites is 2. The van der Waals surface area contributed by atoms with Crippen LogP contribution in [-0.2, 0) is 4.74 Å². The first kappa shape index (κ1) is 30.2. The zero-order chi connectivity index (χ0) is 31.6. The Morgan fingerprint density at radius 3 is 1.93 bits per heavy atom. The van der Waals surface area contributed by atoms with Crippen molar-refractivity contribution in [3.63, 3.8) is 0 Å². The first-order valence-electron chi connectivity index (χ1n) is 14.0. The minimum absolute atomic E-state index is 0.102. The molecule has 5 rings (SSSR count). The third-order valence-electron chi connectivity index (χ3n) is 6.35. The Labute approximate surface area is 260 Å². The second kappa shape index (κ2) is 14.3. The summed E-state index contributed by atoms with van der Waals surface area (Å²) < 4.78 is 17.7. The molecule has 9 heteroatoms. The highest BCUT2D eigenvalue weighted by molar-refractivity contribution is 5.97. The number of aliphatic hydroxyl groups is 1. The molecule has 45 heavy (non-hydrogen) atoms. The molecule has 0 aliphatic rings. The van der Waals surface area contributed by atoms with Gasteiger partial charge in [0, 0.05) is 17.7 Å². The monoisotopic (exact) mass is 598 g/mol. The molecule has 5 aromatic rings. The van der Waals surface area contributed by atoms with E-state index in [9.17, 15) is 9.90 Å². The number of ether oxygens (including phenoxy) is 3. The highest BCUT2D eigenvalue weighted by Crippen LogP contribution is 2.39. The smallest absolute Gasteiger partial charge is 0.252 e. The van der Waals surface area contributed by atoms with Crippen molar-refractivity contribution in [3.8, 4) is 45.8 Å². The summed E-state index contributed by atoms with van der Waals surface area (Å²) in [5.41, 5.74) is 7.01. The van der Waals surface area contributed by atoms with Gasteiger partial charge in [0.05, 0.1) is 18.2 Å². The van der Waals surface area contributed by atoms with Gasteiger partial charge in [0.25, 0.3) is 5.91 Å². The van der Waals surface area contributed by atoms with Crippen molar-refractivity contribution in [3.05, 3.63) is 144 Å². The molecular weight excluding hydrogens is 568 g/mol. The molecule has 0 spiro atoms. The SMILES string of the molecule is C\C=C/C(=C\C(O)=C\c1nc(-c2ccccc2)nc(-c2cc(Oc3ccccc3)c(C(N)=O)cc2Oc2ccccc2)n1)OC.